The molecule has 0 N–H and O–H groups in total. The number of pyridine rings is 1. The zero-order valence-electron chi connectivity index (χ0n) is 10.6. The summed E-state index contributed by atoms with van der Waals surface area (Å²) in [6.07, 6.45) is 6.03. The molecule has 18 heavy (non-hydrogen) atoms. The van der Waals surface area contributed by atoms with E-state index >= 15 is 0 Å². The fourth-order valence-electron chi connectivity index (χ4n) is 1.82. The van der Waals surface area contributed by atoms with Gasteiger partial charge in [-0.3, -0.25) is 9.78 Å². The van der Waals surface area contributed by atoms with Crippen molar-refractivity contribution in [3.63, 3.8) is 0 Å². The first-order valence-electron chi connectivity index (χ1n) is 6.03. The molecule has 0 bridgehead atoms. The van der Waals surface area contributed by atoms with Crippen molar-refractivity contribution in [2.45, 2.75) is 33.2 Å². The highest BCUT2D eigenvalue weighted by Gasteiger charge is 2.13. The Balaban J connectivity index is 2.17. The molecule has 0 unspecified atom stereocenters. The molecule has 0 radical (unpaired) electrons. The molecule has 0 amide bonds. The number of rotatable bonds is 5. The van der Waals surface area contributed by atoms with Crippen LogP contribution in [0.3, 0.4) is 0 Å². The quantitative estimate of drug-likeness (QED) is 0.753. The molecule has 2 heterocycles. The van der Waals surface area contributed by atoms with E-state index in [1.54, 1.807) is 17.1 Å². The third kappa shape index (κ3) is 2.61. The monoisotopic (exact) mass is 244 g/mol. The summed E-state index contributed by atoms with van der Waals surface area (Å²) >= 11 is 0. The summed E-state index contributed by atoms with van der Waals surface area (Å²) in [5, 5.41) is 4.11. The molecule has 2 rings (SSSR count). The zero-order chi connectivity index (χ0) is 13.0. The predicted molar refractivity (Wildman–Crippen MR) is 67.3 cm³/mol. The molecule has 0 aliphatic carbocycles. The van der Waals surface area contributed by atoms with Gasteiger partial charge in [0.15, 0.2) is 5.78 Å². The number of hydrogen-bond donors (Lipinski definition) is 0. The Morgan fingerprint density at radius 3 is 3.00 bits per heavy atom. The molecule has 5 nitrogen and oxygen atoms in total. The number of Topliss-reactive ketones (excluding diaryl/α,β-unsaturated/α-hetero) is 1. The standard InChI is InChI=1S/C13H16N4O/c1-3-6-17-13(15-9-16-17)7-12(18)11-8-14-5-4-10(11)2/h4-5,8-9H,3,6-7H2,1-2H3. The zero-order valence-corrected chi connectivity index (χ0v) is 10.6. The Bertz CT molecular complexity index is 547. The van der Waals surface area contributed by atoms with E-state index in [0.717, 1.165) is 18.5 Å². The van der Waals surface area contributed by atoms with Crippen molar-refractivity contribution in [3.05, 3.63) is 41.7 Å². The molecular weight excluding hydrogens is 228 g/mol. The molecule has 0 aliphatic heterocycles. The van der Waals surface area contributed by atoms with Crippen molar-refractivity contribution in [2.75, 3.05) is 0 Å². The van der Waals surface area contributed by atoms with Gasteiger partial charge in [0.25, 0.3) is 0 Å². The van der Waals surface area contributed by atoms with Gasteiger partial charge in [0, 0.05) is 24.5 Å². The lowest BCUT2D eigenvalue weighted by molar-refractivity contribution is 0.0988. The SMILES string of the molecule is CCCn1ncnc1CC(=O)c1cnccc1C. The highest BCUT2D eigenvalue weighted by molar-refractivity contribution is 5.98. The van der Waals surface area contributed by atoms with Crippen LogP contribution in [0.15, 0.2) is 24.8 Å². The van der Waals surface area contributed by atoms with E-state index in [1.165, 1.54) is 6.33 Å². The molecular formula is C13H16N4O. The summed E-state index contributed by atoms with van der Waals surface area (Å²) in [4.78, 5) is 20.3. The number of aryl methyl sites for hydroxylation is 2. The second-order valence-electron chi connectivity index (χ2n) is 4.19. The van der Waals surface area contributed by atoms with Crippen LogP contribution in [0.2, 0.25) is 0 Å². The molecule has 2 aromatic heterocycles. The van der Waals surface area contributed by atoms with Crippen molar-refractivity contribution in [3.8, 4) is 0 Å². The van der Waals surface area contributed by atoms with E-state index < -0.39 is 0 Å². The Morgan fingerprint density at radius 2 is 2.28 bits per heavy atom. The fraction of sp³-hybridized carbons (Fsp3) is 0.385. The van der Waals surface area contributed by atoms with Gasteiger partial charge < -0.3 is 0 Å². The van der Waals surface area contributed by atoms with E-state index in [9.17, 15) is 4.79 Å². The number of aromatic nitrogens is 4. The van der Waals surface area contributed by atoms with Gasteiger partial charge in [0.2, 0.25) is 0 Å². The summed E-state index contributed by atoms with van der Waals surface area (Å²) < 4.78 is 1.78. The Hall–Kier alpha value is -2.04. The lowest BCUT2D eigenvalue weighted by Crippen LogP contribution is -2.12. The average Bonchev–Trinajstić information content (AvgIpc) is 2.78. The second kappa shape index (κ2) is 5.53. The van der Waals surface area contributed by atoms with E-state index in [1.807, 2.05) is 13.0 Å². The Morgan fingerprint density at radius 1 is 1.44 bits per heavy atom. The second-order valence-corrected chi connectivity index (χ2v) is 4.19. The van der Waals surface area contributed by atoms with E-state index in [-0.39, 0.29) is 12.2 Å². The largest absolute Gasteiger partial charge is 0.294 e. The van der Waals surface area contributed by atoms with Crippen molar-refractivity contribution in [2.24, 2.45) is 0 Å². The van der Waals surface area contributed by atoms with Gasteiger partial charge >= 0.3 is 0 Å². The predicted octanol–water partition coefficient (Wildman–Crippen LogP) is 1.82. The molecule has 0 saturated heterocycles. The van der Waals surface area contributed by atoms with Gasteiger partial charge in [-0.1, -0.05) is 6.92 Å². The van der Waals surface area contributed by atoms with Crippen LogP contribution in [0.5, 0.6) is 0 Å². The van der Waals surface area contributed by atoms with Gasteiger partial charge in [-0.15, -0.1) is 0 Å². The summed E-state index contributed by atoms with van der Waals surface area (Å²) in [5.74, 6) is 0.746. The first-order valence-corrected chi connectivity index (χ1v) is 6.03. The van der Waals surface area contributed by atoms with Crippen LogP contribution in [0.25, 0.3) is 0 Å². The molecule has 5 heteroatoms. The first kappa shape index (κ1) is 12.4. The van der Waals surface area contributed by atoms with Crippen molar-refractivity contribution in [1.29, 1.82) is 0 Å². The maximum absolute atomic E-state index is 12.2. The Kier molecular flexibility index (Phi) is 3.82. The van der Waals surface area contributed by atoms with E-state index in [4.69, 9.17) is 0 Å². The summed E-state index contributed by atoms with van der Waals surface area (Å²) in [7, 11) is 0. The number of carbonyl (C=O) groups is 1. The minimum atomic E-state index is 0.0333. The third-order valence-corrected chi connectivity index (χ3v) is 2.79. The summed E-state index contributed by atoms with van der Waals surface area (Å²) in [6, 6.07) is 1.84. The minimum absolute atomic E-state index is 0.0333. The molecule has 94 valence electrons. The summed E-state index contributed by atoms with van der Waals surface area (Å²) in [5.41, 5.74) is 1.60. The van der Waals surface area contributed by atoms with E-state index in [0.29, 0.717) is 11.4 Å². The van der Waals surface area contributed by atoms with Crippen LogP contribution in [0.1, 0.15) is 35.1 Å². The van der Waals surface area contributed by atoms with Crippen molar-refractivity contribution in [1.82, 2.24) is 19.7 Å². The molecule has 0 saturated carbocycles. The van der Waals surface area contributed by atoms with Gasteiger partial charge in [-0.2, -0.15) is 5.10 Å². The average molecular weight is 244 g/mol. The molecule has 0 aliphatic rings. The molecule has 0 spiro atoms. The smallest absolute Gasteiger partial charge is 0.172 e. The lowest BCUT2D eigenvalue weighted by Gasteiger charge is -2.05. The van der Waals surface area contributed by atoms with Gasteiger partial charge in [0.1, 0.15) is 12.2 Å². The topological polar surface area (TPSA) is 60.7 Å². The van der Waals surface area contributed by atoms with Gasteiger partial charge in [0.05, 0.1) is 6.42 Å². The maximum atomic E-state index is 12.2. The third-order valence-electron chi connectivity index (χ3n) is 2.79. The highest BCUT2D eigenvalue weighted by Crippen LogP contribution is 2.09. The normalized spacial score (nSPS) is 10.6. The van der Waals surface area contributed by atoms with Gasteiger partial charge in [-0.25, -0.2) is 9.67 Å². The van der Waals surface area contributed by atoms with Crippen LogP contribution in [0, 0.1) is 6.92 Å². The summed E-state index contributed by atoms with van der Waals surface area (Å²) in [6.45, 7) is 4.76. The minimum Gasteiger partial charge on any atom is -0.294 e. The van der Waals surface area contributed by atoms with Crippen molar-refractivity contribution >= 4 is 5.78 Å². The fourth-order valence-corrected chi connectivity index (χ4v) is 1.82. The highest BCUT2D eigenvalue weighted by atomic mass is 16.1. The van der Waals surface area contributed by atoms with Crippen LogP contribution in [-0.4, -0.2) is 25.5 Å². The van der Waals surface area contributed by atoms with Gasteiger partial charge in [-0.05, 0) is 25.0 Å². The molecule has 0 aromatic carbocycles. The van der Waals surface area contributed by atoms with Crippen LogP contribution in [0.4, 0.5) is 0 Å². The number of ketones is 1. The van der Waals surface area contributed by atoms with Crippen molar-refractivity contribution < 1.29 is 4.79 Å². The van der Waals surface area contributed by atoms with Crippen LogP contribution < -0.4 is 0 Å². The molecule has 2 aromatic rings. The molecule has 0 fully saturated rings. The first-order chi connectivity index (χ1) is 8.72. The lowest BCUT2D eigenvalue weighted by atomic mass is 10.1. The van der Waals surface area contributed by atoms with Crippen LogP contribution in [-0.2, 0) is 13.0 Å². The Labute approximate surface area is 106 Å². The number of nitrogens with zero attached hydrogens (tertiary/aromatic N) is 4. The van der Waals surface area contributed by atoms with Crippen LogP contribution >= 0.6 is 0 Å². The number of carbonyl (C=O) groups excluding carboxylic acids is 1. The van der Waals surface area contributed by atoms with E-state index in [2.05, 4.69) is 22.0 Å². The number of hydrogen-bond acceptors (Lipinski definition) is 4. The maximum Gasteiger partial charge on any atom is 0.172 e. The molecule has 0 atom stereocenters.